The van der Waals surface area contributed by atoms with Gasteiger partial charge < -0.3 is 27.4 Å². The number of aromatic nitrogens is 3. The van der Waals surface area contributed by atoms with E-state index >= 15 is 13.7 Å². The molecule has 3 aliphatic heterocycles. The van der Waals surface area contributed by atoms with Gasteiger partial charge in [0.15, 0.2) is 21.4 Å². The van der Waals surface area contributed by atoms with Crippen LogP contribution in [-0.4, -0.2) is 13.7 Å². The summed E-state index contributed by atoms with van der Waals surface area (Å²) < 4.78 is 54.0. The van der Waals surface area contributed by atoms with Gasteiger partial charge in [0.05, 0.1) is 33.1 Å². The molecule has 0 N–H and O–H groups in total. The molecule has 30 rings (SSSR count). The fourth-order valence-electron chi connectivity index (χ4n) is 25.8. The quantitative estimate of drug-likeness (QED) is 0.135. The van der Waals surface area contributed by atoms with Crippen molar-refractivity contribution in [2.45, 2.75) is 57.8 Å². The van der Waals surface area contributed by atoms with E-state index in [1.54, 1.807) is 0 Å². The summed E-state index contributed by atoms with van der Waals surface area (Å²) in [6.07, 6.45) is 0. The smallest absolute Gasteiger partial charge is 0.172 e. The second-order valence-electron chi connectivity index (χ2n) is 40.9. The van der Waals surface area contributed by atoms with Gasteiger partial charge in [-0.1, -0.05) is 430 Å². The van der Waals surface area contributed by atoms with Crippen molar-refractivity contribution < 1.29 is 13.7 Å². The molecule has 6 aliphatic rings. The Morgan fingerprint density at radius 3 is 0.875 bits per heavy atom. The maximum atomic E-state index is 15.7. The third kappa shape index (κ3) is 12.1. The molecule has 6 heterocycles. The Hall–Kier alpha value is -16.3. The van der Waals surface area contributed by atoms with E-state index in [0.29, 0.717) is 0 Å². The van der Waals surface area contributed by atoms with Crippen molar-refractivity contribution in [3.05, 3.63) is 507 Å². The van der Waals surface area contributed by atoms with Crippen LogP contribution < -0.4 is 47.7 Å². The number of rotatable bonds is 9. The molecule has 24 aromatic rings. The number of benzene rings is 21. The van der Waals surface area contributed by atoms with E-state index in [1.165, 1.54) is 100 Å². The SMILES string of the molecule is CC1(C)c2ccccc2-c2c(-c3ccc(-n4c5ccccc5c5c6c(ccc54)-c4ccccc4P6(=O)c4ccccc4)cc3)cccc21.CC1(C)c2ccccc2-c2cc(-c3ccc(-n4c5ccccc5c5c6c(ccc54)-c4ccccc4P6(=O)c4ccccc4)cc3)ccc21.CC1(C)c2ccccc2-c2ccc(-c3ccc(-n4c5ccccc5c5c6c(ccc54)-c4ccccc4P6(=O)c4ccccc4)cc3)cc21. The monoisotopic (exact) mass is 1900 g/mol. The average molecular weight is 1900 g/mol. The van der Waals surface area contributed by atoms with Crippen molar-refractivity contribution >= 4 is 135 Å². The third-order valence-electron chi connectivity index (χ3n) is 32.5. The second kappa shape index (κ2) is 31.9. The predicted octanol–water partition coefficient (Wildman–Crippen LogP) is 31.1. The molecule has 3 unspecified atom stereocenters. The lowest BCUT2D eigenvalue weighted by Gasteiger charge is -2.22. The number of hydrogen-bond donors (Lipinski definition) is 0. The molecule has 3 aromatic heterocycles. The molecule has 684 valence electrons. The van der Waals surface area contributed by atoms with Crippen molar-refractivity contribution in [1.29, 1.82) is 0 Å². The minimum atomic E-state index is -3.14. The molecule has 3 atom stereocenters. The average Bonchev–Trinajstić information content (AvgIpc) is 1.53. The first kappa shape index (κ1) is 85.7. The van der Waals surface area contributed by atoms with Crippen molar-refractivity contribution in [1.82, 2.24) is 13.7 Å². The molecule has 0 bridgehead atoms. The number of fused-ring (bicyclic) bond motifs is 30. The fraction of sp³-hybridized carbons (Fsp3) is 0.0667. The summed E-state index contributed by atoms with van der Waals surface area (Å²) in [5.41, 5.74) is 39.8. The van der Waals surface area contributed by atoms with E-state index in [4.69, 9.17) is 0 Å². The summed E-state index contributed by atoms with van der Waals surface area (Å²) in [4.78, 5) is 0. The van der Waals surface area contributed by atoms with Crippen LogP contribution in [0.25, 0.3) is 183 Å². The predicted molar refractivity (Wildman–Crippen MR) is 607 cm³/mol. The van der Waals surface area contributed by atoms with Gasteiger partial charge in [0, 0.05) is 113 Å². The topological polar surface area (TPSA) is 66.0 Å². The molecular weight excluding hydrogens is 1800 g/mol. The highest BCUT2D eigenvalue weighted by Gasteiger charge is 2.48. The van der Waals surface area contributed by atoms with Gasteiger partial charge in [-0.05, 0) is 218 Å². The first-order valence-corrected chi connectivity index (χ1v) is 55.0. The van der Waals surface area contributed by atoms with Crippen molar-refractivity contribution in [2.75, 3.05) is 0 Å². The van der Waals surface area contributed by atoms with Gasteiger partial charge in [0.25, 0.3) is 0 Å². The number of nitrogens with zero attached hydrogens (tertiary/aromatic N) is 3. The highest BCUT2D eigenvalue weighted by molar-refractivity contribution is 7.88. The van der Waals surface area contributed by atoms with Gasteiger partial charge in [-0.15, -0.1) is 0 Å². The summed E-state index contributed by atoms with van der Waals surface area (Å²) in [6, 6.07) is 168. The van der Waals surface area contributed by atoms with Crippen LogP contribution in [0.3, 0.4) is 0 Å². The Bertz CT molecular complexity index is 9750. The van der Waals surface area contributed by atoms with Crippen LogP contribution >= 0.6 is 21.4 Å². The molecule has 144 heavy (non-hydrogen) atoms. The molecule has 21 aromatic carbocycles. The molecule has 0 radical (unpaired) electrons. The fourth-order valence-corrected chi connectivity index (χ4v) is 35.6. The third-order valence-corrected chi connectivity index (χ3v) is 42.0. The lowest BCUT2D eigenvalue weighted by atomic mass is 9.81. The van der Waals surface area contributed by atoms with Gasteiger partial charge in [-0.2, -0.15) is 0 Å². The van der Waals surface area contributed by atoms with Crippen LogP contribution in [0, 0.1) is 0 Å². The van der Waals surface area contributed by atoms with E-state index in [2.05, 4.69) is 419 Å². The molecule has 0 amide bonds. The van der Waals surface area contributed by atoms with Crippen LogP contribution in [0.2, 0.25) is 0 Å². The maximum absolute atomic E-state index is 15.7. The van der Waals surface area contributed by atoms with Gasteiger partial charge in [0.1, 0.15) is 0 Å². The molecule has 9 heteroatoms. The van der Waals surface area contributed by atoms with Gasteiger partial charge in [-0.25, -0.2) is 0 Å². The van der Waals surface area contributed by atoms with Crippen LogP contribution in [0.4, 0.5) is 0 Å². The van der Waals surface area contributed by atoms with Gasteiger partial charge in [-0.3, -0.25) is 0 Å². The normalized spacial score (nSPS) is 16.9. The Morgan fingerprint density at radius 2 is 0.458 bits per heavy atom. The summed E-state index contributed by atoms with van der Waals surface area (Å²) in [5, 5.41) is 14.9. The molecule has 0 saturated carbocycles. The first-order valence-electron chi connectivity index (χ1n) is 49.9. The van der Waals surface area contributed by atoms with Crippen LogP contribution in [-0.2, 0) is 29.9 Å². The summed E-state index contributed by atoms with van der Waals surface area (Å²) in [5.74, 6) is 0. The summed E-state index contributed by atoms with van der Waals surface area (Å²) in [7, 11) is -9.40. The van der Waals surface area contributed by atoms with Gasteiger partial charge in [0.2, 0.25) is 0 Å². The molecule has 0 spiro atoms. The molecule has 3 aliphatic carbocycles. The van der Waals surface area contributed by atoms with E-state index in [9.17, 15) is 0 Å². The highest BCUT2D eigenvalue weighted by Crippen LogP contribution is 2.61. The van der Waals surface area contributed by atoms with Gasteiger partial charge >= 0.3 is 0 Å². The van der Waals surface area contributed by atoms with Crippen molar-refractivity contribution in [3.63, 3.8) is 0 Å². The largest absolute Gasteiger partial charge is 0.309 e. The van der Waals surface area contributed by atoms with Crippen molar-refractivity contribution in [3.8, 4) is 117 Å². The summed E-state index contributed by atoms with van der Waals surface area (Å²) >= 11 is 0. The van der Waals surface area contributed by atoms with E-state index < -0.39 is 21.4 Å². The Balaban J connectivity index is 0.000000105. The van der Waals surface area contributed by atoms with Crippen LogP contribution in [0.15, 0.2) is 473 Å². The Morgan fingerprint density at radius 1 is 0.181 bits per heavy atom. The lowest BCUT2D eigenvalue weighted by Crippen LogP contribution is -2.21. The van der Waals surface area contributed by atoms with Crippen molar-refractivity contribution in [2.24, 2.45) is 0 Å². The number of hydrogen-bond acceptors (Lipinski definition) is 3. The minimum absolute atomic E-state index is 0.00311. The standard InChI is InChI=1S/3C45H32NOP/c1-45(2)37-19-9-6-16-35(37)42-32(18-12-20-38(42)45)29-23-25-30(26-24-29)46-39-21-10-7-17-36(39)43-40(46)28-27-34-33-15-8-11-22-41(33)48(47,44(34)43)31-13-4-3-5-14-31;1-45(2)38-17-9-6-14-33(38)37-28-30(22-26-39(37)45)29-20-23-31(24-21-29)46-40-18-10-7-16-36(40)43-41(46)27-25-35-34-15-8-11-19-42(34)48(47,44(35)43)32-12-4-3-5-13-32;1-45(2)38-17-9-6-14-33(38)34-25-22-30(28-39(34)45)29-20-23-31(24-21-29)46-40-18-10-7-16-37(40)43-41(46)27-26-36-35-15-8-11-19-42(35)48(47,44(36)43)32-12-4-3-5-13-32/h3*3-28H,1-2H3. The van der Waals surface area contributed by atoms with E-state index in [-0.39, 0.29) is 16.2 Å². The van der Waals surface area contributed by atoms with E-state index in [1.807, 2.05) is 109 Å². The summed E-state index contributed by atoms with van der Waals surface area (Å²) in [6.45, 7) is 14.0. The minimum Gasteiger partial charge on any atom is -0.309 e. The number of para-hydroxylation sites is 3. The zero-order chi connectivity index (χ0) is 96.6. The highest BCUT2D eigenvalue weighted by atomic mass is 31.2. The maximum Gasteiger partial charge on any atom is 0.172 e. The second-order valence-corrected chi connectivity index (χ2v) is 48.9. The molecule has 0 fully saturated rings. The molecule has 0 saturated heterocycles. The molecular formula is C135H96N3O3P3. The van der Waals surface area contributed by atoms with E-state index in [0.717, 1.165) is 164 Å². The Labute approximate surface area is 837 Å². The van der Waals surface area contributed by atoms with Crippen LogP contribution in [0.1, 0.15) is 74.9 Å². The lowest BCUT2D eigenvalue weighted by molar-refractivity contribution is 0.592. The molecule has 6 nitrogen and oxygen atoms in total. The first-order chi connectivity index (χ1) is 70.4. The Kier molecular flexibility index (Phi) is 19.0. The zero-order valence-corrected chi connectivity index (χ0v) is 83.1. The zero-order valence-electron chi connectivity index (χ0n) is 80.4. The van der Waals surface area contributed by atoms with Crippen LogP contribution in [0.5, 0.6) is 0 Å².